The van der Waals surface area contributed by atoms with Crippen molar-refractivity contribution in [3.05, 3.63) is 84.2 Å². The van der Waals surface area contributed by atoms with Crippen LogP contribution in [0.4, 0.5) is 27.4 Å². The molecule has 1 amide bonds. The summed E-state index contributed by atoms with van der Waals surface area (Å²) >= 11 is 0. The van der Waals surface area contributed by atoms with Crippen LogP contribution in [-0.2, 0) is 21.2 Å². The summed E-state index contributed by atoms with van der Waals surface area (Å²) in [6, 6.07) is 18.3. The number of halogens is 1. The minimum Gasteiger partial charge on any atom is -0.497 e. The number of nitrogens with one attached hydrogen (secondary N) is 2. The van der Waals surface area contributed by atoms with Crippen LogP contribution >= 0.6 is 0 Å². The highest BCUT2D eigenvalue weighted by Gasteiger charge is 2.30. The van der Waals surface area contributed by atoms with Crippen LogP contribution < -0.4 is 21.1 Å². The van der Waals surface area contributed by atoms with E-state index in [1.807, 2.05) is 19.1 Å². The number of benzene rings is 3. The fourth-order valence-electron chi connectivity index (χ4n) is 3.44. The first-order valence-electron chi connectivity index (χ1n) is 10.8. The lowest BCUT2D eigenvalue weighted by Gasteiger charge is -2.09. The van der Waals surface area contributed by atoms with Gasteiger partial charge in [0.1, 0.15) is 23.9 Å². The Bertz CT molecular complexity index is 1480. The summed E-state index contributed by atoms with van der Waals surface area (Å²) in [6.07, 6.45) is 0. The first kappa shape index (κ1) is 24.7. The molecule has 0 aliphatic rings. The number of nitrogens with two attached hydrogens (primary N) is 1. The van der Waals surface area contributed by atoms with Crippen LogP contribution in [0.1, 0.15) is 5.56 Å². The fraction of sp³-hybridized carbons (Fsp3) is 0.120. The zero-order valence-electron chi connectivity index (χ0n) is 19.5. The zero-order valence-corrected chi connectivity index (χ0v) is 20.3. The van der Waals surface area contributed by atoms with Crippen LogP contribution in [0.25, 0.3) is 0 Å². The fourth-order valence-corrected chi connectivity index (χ4v) is 4.90. The molecule has 11 heteroatoms. The maximum atomic E-state index is 13.5. The van der Waals surface area contributed by atoms with E-state index in [1.54, 1.807) is 36.4 Å². The molecule has 1 aromatic heterocycles. The average Bonchev–Trinajstić information content (AvgIpc) is 3.16. The summed E-state index contributed by atoms with van der Waals surface area (Å²) in [5.74, 6) is -0.712. The van der Waals surface area contributed by atoms with Crippen molar-refractivity contribution in [1.29, 1.82) is 0 Å². The largest absolute Gasteiger partial charge is 0.497 e. The number of amides is 1. The Hall–Kier alpha value is -4.38. The molecular weight excluding hydrogens is 485 g/mol. The smallest absolute Gasteiger partial charge is 0.246 e. The number of hydrogen-bond acceptors (Lipinski definition) is 7. The van der Waals surface area contributed by atoms with Gasteiger partial charge < -0.3 is 21.1 Å². The highest BCUT2D eigenvalue weighted by Crippen LogP contribution is 2.34. The third kappa shape index (κ3) is 5.31. The second kappa shape index (κ2) is 10.1. The van der Waals surface area contributed by atoms with Crippen molar-refractivity contribution in [1.82, 2.24) is 9.78 Å². The van der Waals surface area contributed by atoms with Crippen LogP contribution in [0.2, 0.25) is 0 Å². The first-order chi connectivity index (χ1) is 17.2. The van der Waals surface area contributed by atoms with E-state index in [-0.39, 0.29) is 28.0 Å². The van der Waals surface area contributed by atoms with Crippen LogP contribution in [0, 0.1) is 12.7 Å². The molecule has 4 N–H and O–H groups in total. The van der Waals surface area contributed by atoms with Crippen molar-refractivity contribution >= 4 is 38.8 Å². The zero-order chi connectivity index (χ0) is 25.9. The van der Waals surface area contributed by atoms with Crippen molar-refractivity contribution in [3.63, 3.8) is 0 Å². The van der Waals surface area contributed by atoms with Gasteiger partial charge in [0.15, 0.2) is 10.7 Å². The van der Waals surface area contributed by atoms with E-state index in [0.717, 1.165) is 34.5 Å². The van der Waals surface area contributed by atoms with E-state index < -0.39 is 21.6 Å². The average molecular weight is 510 g/mol. The lowest BCUT2D eigenvalue weighted by molar-refractivity contribution is -0.116. The highest BCUT2D eigenvalue weighted by molar-refractivity contribution is 7.91. The number of ether oxygens (including phenoxy) is 1. The third-order valence-corrected chi connectivity index (χ3v) is 7.15. The standard InChI is InChI=1S/C25H24FN5O4S/c1-16-3-7-19(8-4-16)29-25-23(36(33,34)21-13-5-17(26)6-14-21)24(27)31(30-25)15-22(32)28-18-9-11-20(35-2)12-10-18/h3-14H,15,27H2,1-2H3,(H,28,32)(H,29,30). The number of aryl methyl sites for hydroxylation is 1. The summed E-state index contributed by atoms with van der Waals surface area (Å²) in [6.45, 7) is 1.57. The molecule has 4 aromatic rings. The van der Waals surface area contributed by atoms with Crippen LogP contribution in [0.15, 0.2) is 82.6 Å². The van der Waals surface area contributed by atoms with Gasteiger partial charge in [0.25, 0.3) is 0 Å². The van der Waals surface area contributed by atoms with Crippen LogP contribution in [0.3, 0.4) is 0 Å². The normalized spacial score (nSPS) is 11.2. The quantitative estimate of drug-likeness (QED) is 0.305. The van der Waals surface area contributed by atoms with E-state index in [4.69, 9.17) is 10.5 Å². The minimum absolute atomic E-state index is 0.0575. The Morgan fingerprint density at radius 2 is 1.61 bits per heavy atom. The minimum atomic E-state index is -4.21. The van der Waals surface area contributed by atoms with Crippen molar-refractivity contribution in [2.75, 3.05) is 23.5 Å². The Morgan fingerprint density at radius 1 is 1.00 bits per heavy atom. The van der Waals surface area contributed by atoms with Gasteiger partial charge in [-0.2, -0.15) is 5.10 Å². The van der Waals surface area contributed by atoms with E-state index >= 15 is 0 Å². The van der Waals surface area contributed by atoms with E-state index in [1.165, 1.54) is 7.11 Å². The van der Waals surface area contributed by atoms with Crippen molar-refractivity contribution in [3.8, 4) is 5.75 Å². The van der Waals surface area contributed by atoms with Crippen molar-refractivity contribution < 1.29 is 22.3 Å². The number of methoxy groups -OCH3 is 1. The van der Waals surface area contributed by atoms with Crippen molar-refractivity contribution in [2.24, 2.45) is 0 Å². The number of sulfone groups is 1. The molecule has 0 saturated carbocycles. The van der Waals surface area contributed by atoms with Crippen LogP contribution in [0.5, 0.6) is 5.75 Å². The summed E-state index contributed by atoms with van der Waals surface area (Å²) in [4.78, 5) is 12.2. The molecule has 0 aliphatic heterocycles. The number of carbonyl (C=O) groups excluding carboxylic acids is 1. The van der Waals surface area contributed by atoms with Gasteiger partial charge in [-0.25, -0.2) is 17.5 Å². The maximum absolute atomic E-state index is 13.5. The predicted molar refractivity (Wildman–Crippen MR) is 135 cm³/mol. The van der Waals surface area contributed by atoms with E-state index in [0.29, 0.717) is 17.1 Å². The second-order valence-corrected chi connectivity index (χ2v) is 9.83. The lowest BCUT2D eigenvalue weighted by atomic mass is 10.2. The summed E-state index contributed by atoms with van der Waals surface area (Å²) in [5, 5.41) is 9.97. The number of nitrogen functional groups attached to an aromatic ring is 1. The number of rotatable bonds is 8. The molecule has 0 radical (unpaired) electrons. The molecular formula is C25H24FN5O4S. The van der Waals surface area contributed by atoms with E-state index in [9.17, 15) is 17.6 Å². The molecule has 0 unspecified atom stereocenters. The molecule has 1 heterocycles. The lowest BCUT2D eigenvalue weighted by Crippen LogP contribution is -2.21. The second-order valence-electron chi connectivity index (χ2n) is 7.95. The number of aromatic nitrogens is 2. The number of nitrogens with zero attached hydrogens (tertiary/aromatic N) is 2. The van der Waals surface area contributed by atoms with Gasteiger partial charge in [-0.15, -0.1) is 0 Å². The molecule has 3 aromatic carbocycles. The third-order valence-electron chi connectivity index (χ3n) is 5.32. The number of anilines is 4. The Kier molecular flexibility index (Phi) is 6.93. The molecule has 4 rings (SSSR count). The monoisotopic (exact) mass is 509 g/mol. The first-order valence-corrected chi connectivity index (χ1v) is 12.3. The maximum Gasteiger partial charge on any atom is 0.246 e. The van der Waals surface area contributed by atoms with Crippen LogP contribution in [-0.4, -0.2) is 31.2 Å². The molecule has 0 spiro atoms. The summed E-state index contributed by atoms with van der Waals surface area (Å²) in [5.41, 5.74) is 8.33. The molecule has 36 heavy (non-hydrogen) atoms. The number of hydrogen-bond donors (Lipinski definition) is 3. The number of carbonyl (C=O) groups is 1. The van der Waals surface area contributed by atoms with Gasteiger partial charge in [0.05, 0.1) is 12.0 Å². The Morgan fingerprint density at radius 3 is 2.22 bits per heavy atom. The van der Waals surface area contributed by atoms with Gasteiger partial charge in [-0.05, 0) is 67.6 Å². The van der Waals surface area contributed by atoms with Gasteiger partial charge in [0, 0.05) is 11.4 Å². The molecule has 0 saturated heterocycles. The van der Waals surface area contributed by atoms with Gasteiger partial charge in [-0.1, -0.05) is 17.7 Å². The predicted octanol–water partition coefficient (Wildman–Crippen LogP) is 4.14. The SMILES string of the molecule is COc1ccc(NC(=O)Cn2nc(Nc3ccc(C)cc3)c(S(=O)(=O)c3ccc(F)cc3)c2N)cc1. The Balaban J connectivity index is 1.69. The van der Waals surface area contributed by atoms with Crippen molar-refractivity contribution in [2.45, 2.75) is 23.3 Å². The van der Waals surface area contributed by atoms with Gasteiger partial charge in [0.2, 0.25) is 15.7 Å². The topological polar surface area (TPSA) is 128 Å². The van der Waals surface area contributed by atoms with Gasteiger partial charge in [-0.3, -0.25) is 4.79 Å². The molecule has 0 atom stereocenters. The van der Waals surface area contributed by atoms with Gasteiger partial charge >= 0.3 is 0 Å². The molecule has 0 bridgehead atoms. The molecule has 186 valence electrons. The molecule has 0 aliphatic carbocycles. The highest BCUT2D eigenvalue weighted by atomic mass is 32.2. The molecule has 0 fully saturated rings. The Labute approximate surface area is 207 Å². The molecule has 9 nitrogen and oxygen atoms in total. The summed E-state index contributed by atoms with van der Waals surface area (Å²) in [7, 11) is -2.67. The summed E-state index contributed by atoms with van der Waals surface area (Å²) < 4.78 is 46.6. The van der Waals surface area contributed by atoms with E-state index in [2.05, 4.69) is 15.7 Å².